The molecular formula is C13H12N2. The minimum atomic E-state index is -0.302. The van der Waals surface area contributed by atoms with Crippen LogP contribution in [0.1, 0.15) is 20.3 Å². The molecule has 1 fully saturated rings. The molecule has 4 unspecified atom stereocenters. The average Bonchev–Trinajstić information content (AvgIpc) is 2.59. The number of nitriles is 2. The standard InChI is InChI=1S/C13H12N2/c1-3-12-4-5-13(8-15)10(11(12,13)2)6-9(12)7-14/h4-6,10H,3H2,1-2H3. The van der Waals surface area contributed by atoms with Gasteiger partial charge in [-0.15, -0.1) is 0 Å². The summed E-state index contributed by atoms with van der Waals surface area (Å²) in [6, 6.07) is 4.76. The summed E-state index contributed by atoms with van der Waals surface area (Å²) < 4.78 is 0. The van der Waals surface area contributed by atoms with Crippen molar-refractivity contribution in [2.45, 2.75) is 20.3 Å². The van der Waals surface area contributed by atoms with Crippen molar-refractivity contribution in [2.75, 3.05) is 0 Å². The Morgan fingerprint density at radius 2 is 2.13 bits per heavy atom. The van der Waals surface area contributed by atoms with E-state index in [0.717, 1.165) is 12.0 Å². The highest BCUT2D eigenvalue weighted by atomic mass is 14.8. The molecular weight excluding hydrogens is 184 g/mol. The first-order chi connectivity index (χ1) is 7.13. The molecule has 0 aromatic rings. The van der Waals surface area contributed by atoms with Crippen molar-refractivity contribution in [3.05, 3.63) is 23.8 Å². The Bertz CT molecular complexity index is 502. The molecule has 0 N–H and O–H groups in total. The molecule has 3 aliphatic carbocycles. The molecule has 4 atom stereocenters. The van der Waals surface area contributed by atoms with Gasteiger partial charge in [0.1, 0.15) is 0 Å². The SMILES string of the molecule is CCC12C=CC3(C#N)C(C=C1C#N)C23C. The molecule has 0 aliphatic heterocycles. The predicted molar refractivity (Wildman–Crippen MR) is 55.2 cm³/mol. The van der Waals surface area contributed by atoms with Crippen molar-refractivity contribution in [3.8, 4) is 12.1 Å². The largest absolute Gasteiger partial charge is 0.197 e. The monoisotopic (exact) mass is 196 g/mol. The lowest BCUT2D eigenvalue weighted by Gasteiger charge is -2.31. The highest BCUT2D eigenvalue weighted by Crippen LogP contribution is 2.86. The van der Waals surface area contributed by atoms with Crippen molar-refractivity contribution in [3.63, 3.8) is 0 Å². The van der Waals surface area contributed by atoms with Gasteiger partial charge in [0, 0.05) is 22.3 Å². The van der Waals surface area contributed by atoms with E-state index < -0.39 is 0 Å². The molecule has 0 aromatic heterocycles. The van der Waals surface area contributed by atoms with E-state index in [1.165, 1.54) is 0 Å². The molecule has 3 aliphatic rings. The van der Waals surface area contributed by atoms with Crippen LogP contribution in [0.15, 0.2) is 23.8 Å². The molecule has 3 rings (SSSR count). The molecule has 74 valence electrons. The Hall–Kier alpha value is -1.54. The van der Waals surface area contributed by atoms with Crippen LogP contribution in [0.4, 0.5) is 0 Å². The van der Waals surface area contributed by atoms with Crippen molar-refractivity contribution in [1.82, 2.24) is 0 Å². The third-order valence-electron chi connectivity index (χ3n) is 5.12. The summed E-state index contributed by atoms with van der Waals surface area (Å²) in [7, 11) is 0. The Morgan fingerprint density at radius 1 is 1.40 bits per heavy atom. The van der Waals surface area contributed by atoms with Gasteiger partial charge in [0.05, 0.1) is 17.6 Å². The van der Waals surface area contributed by atoms with Crippen LogP contribution in [0.25, 0.3) is 0 Å². The van der Waals surface area contributed by atoms with Gasteiger partial charge in [0.25, 0.3) is 0 Å². The summed E-state index contributed by atoms with van der Waals surface area (Å²) in [6.07, 6.45) is 7.10. The maximum atomic E-state index is 9.31. The van der Waals surface area contributed by atoms with Crippen LogP contribution >= 0.6 is 0 Å². The van der Waals surface area contributed by atoms with E-state index in [-0.39, 0.29) is 22.2 Å². The third-order valence-corrected chi connectivity index (χ3v) is 5.12. The second-order valence-electron chi connectivity index (χ2n) is 5.01. The van der Waals surface area contributed by atoms with E-state index in [9.17, 15) is 5.26 Å². The number of nitrogens with zero attached hydrogens (tertiary/aromatic N) is 2. The Morgan fingerprint density at radius 3 is 2.67 bits per heavy atom. The van der Waals surface area contributed by atoms with Crippen molar-refractivity contribution in [2.24, 2.45) is 22.2 Å². The zero-order chi connectivity index (χ0) is 10.9. The molecule has 1 saturated carbocycles. The molecule has 0 saturated heterocycles. The van der Waals surface area contributed by atoms with Gasteiger partial charge in [-0.3, -0.25) is 0 Å². The fourth-order valence-electron chi connectivity index (χ4n) is 4.07. The maximum absolute atomic E-state index is 9.31. The topological polar surface area (TPSA) is 47.6 Å². The van der Waals surface area contributed by atoms with Crippen LogP contribution in [-0.2, 0) is 0 Å². The number of allylic oxidation sites excluding steroid dienone is 4. The quantitative estimate of drug-likeness (QED) is 0.605. The first kappa shape index (κ1) is 8.74. The van der Waals surface area contributed by atoms with Crippen LogP contribution in [0.2, 0.25) is 0 Å². The van der Waals surface area contributed by atoms with E-state index in [2.05, 4.69) is 32.1 Å². The molecule has 0 aromatic carbocycles. The average molecular weight is 196 g/mol. The minimum Gasteiger partial charge on any atom is -0.197 e. The van der Waals surface area contributed by atoms with Crippen LogP contribution in [0.5, 0.6) is 0 Å². The van der Waals surface area contributed by atoms with Gasteiger partial charge in [0.2, 0.25) is 0 Å². The van der Waals surface area contributed by atoms with E-state index >= 15 is 0 Å². The molecule has 2 nitrogen and oxygen atoms in total. The lowest BCUT2D eigenvalue weighted by Crippen LogP contribution is -2.27. The number of hydrogen-bond donors (Lipinski definition) is 0. The van der Waals surface area contributed by atoms with Crippen molar-refractivity contribution >= 4 is 0 Å². The predicted octanol–water partition coefficient (Wildman–Crippen LogP) is 2.56. The summed E-state index contributed by atoms with van der Waals surface area (Å²) in [6.45, 7) is 4.26. The fourth-order valence-corrected chi connectivity index (χ4v) is 4.07. The lowest BCUT2D eigenvalue weighted by molar-refractivity contribution is 0.268. The van der Waals surface area contributed by atoms with Crippen LogP contribution in [0.3, 0.4) is 0 Å². The van der Waals surface area contributed by atoms with E-state index in [1.54, 1.807) is 0 Å². The summed E-state index contributed by atoms with van der Waals surface area (Å²) >= 11 is 0. The zero-order valence-corrected chi connectivity index (χ0v) is 8.91. The van der Waals surface area contributed by atoms with Gasteiger partial charge < -0.3 is 0 Å². The Kier molecular flexibility index (Phi) is 1.18. The van der Waals surface area contributed by atoms with Crippen molar-refractivity contribution < 1.29 is 0 Å². The van der Waals surface area contributed by atoms with Gasteiger partial charge >= 0.3 is 0 Å². The van der Waals surface area contributed by atoms with Gasteiger partial charge in [-0.1, -0.05) is 32.1 Å². The van der Waals surface area contributed by atoms with Crippen molar-refractivity contribution in [1.29, 1.82) is 10.5 Å². The molecule has 2 heteroatoms. The zero-order valence-electron chi connectivity index (χ0n) is 8.91. The number of hydrogen-bond acceptors (Lipinski definition) is 2. The molecule has 0 spiro atoms. The van der Waals surface area contributed by atoms with Gasteiger partial charge in [-0.2, -0.15) is 10.5 Å². The summed E-state index contributed by atoms with van der Waals surface area (Å²) in [4.78, 5) is 0. The minimum absolute atomic E-state index is 0.0332. The third kappa shape index (κ3) is 0.515. The van der Waals surface area contributed by atoms with Crippen LogP contribution in [-0.4, -0.2) is 0 Å². The molecule has 15 heavy (non-hydrogen) atoms. The molecule has 0 bridgehead atoms. The highest BCUT2D eigenvalue weighted by Gasteiger charge is 2.85. The summed E-state index contributed by atoms with van der Waals surface area (Å²) in [5.74, 6) is 0.273. The molecule has 0 amide bonds. The smallest absolute Gasteiger partial charge is 0.0953 e. The normalized spacial score (nSPS) is 53.1. The second-order valence-corrected chi connectivity index (χ2v) is 5.01. The van der Waals surface area contributed by atoms with Gasteiger partial charge in [0.15, 0.2) is 0 Å². The summed E-state index contributed by atoms with van der Waals surface area (Å²) in [5.41, 5.74) is 0.386. The lowest BCUT2D eigenvalue weighted by atomic mass is 9.69. The Balaban J connectivity index is 2.26. The van der Waals surface area contributed by atoms with Gasteiger partial charge in [-0.25, -0.2) is 0 Å². The van der Waals surface area contributed by atoms with E-state index in [4.69, 9.17) is 5.26 Å². The van der Waals surface area contributed by atoms with Gasteiger partial charge in [-0.05, 0) is 6.42 Å². The first-order valence-electron chi connectivity index (χ1n) is 5.37. The van der Waals surface area contributed by atoms with E-state index in [1.807, 2.05) is 12.2 Å². The fraction of sp³-hybridized carbons (Fsp3) is 0.538. The van der Waals surface area contributed by atoms with Crippen LogP contribution < -0.4 is 0 Å². The molecule has 0 heterocycles. The highest BCUT2D eigenvalue weighted by molar-refractivity contribution is 5.62. The summed E-state index contributed by atoms with van der Waals surface area (Å²) in [5, 5.41) is 18.5. The number of fused-ring (bicyclic) bond motifs is 1. The Labute approximate surface area is 89.5 Å². The maximum Gasteiger partial charge on any atom is 0.0953 e. The number of rotatable bonds is 1. The van der Waals surface area contributed by atoms with E-state index in [0.29, 0.717) is 0 Å². The molecule has 0 radical (unpaired) electrons. The second kappa shape index (κ2) is 2.02. The first-order valence-corrected chi connectivity index (χ1v) is 5.37. The van der Waals surface area contributed by atoms with Crippen LogP contribution in [0, 0.1) is 44.8 Å².